The van der Waals surface area contributed by atoms with Crippen molar-refractivity contribution in [2.75, 3.05) is 39.9 Å². The molecule has 90 valence electrons. The lowest BCUT2D eigenvalue weighted by molar-refractivity contribution is 0.119. The van der Waals surface area contributed by atoms with Gasteiger partial charge in [-0.2, -0.15) is 0 Å². The van der Waals surface area contributed by atoms with Gasteiger partial charge in [-0.25, -0.2) is 0 Å². The molecule has 0 radical (unpaired) electrons. The minimum atomic E-state index is 0.321. The number of hydrogen-bond donors (Lipinski definition) is 1. The van der Waals surface area contributed by atoms with Gasteiger partial charge in [0.1, 0.15) is 0 Å². The molecule has 0 aromatic rings. The van der Waals surface area contributed by atoms with Gasteiger partial charge < -0.3 is 10.1 Å². The predicted octanol–water partition coefficient (Wildman–Crippen LogP) is 1.49. The molecular formula is C12H26N2O. The van der Waals surface area contributed by atoms with Crippen LogP contribution in [0.1, 0.15) is 33.1 Å². The van der Waals surface area contributed by atoms with Crippen molar-refractivity contribution in [2.24, 2.45) is 0 Å². The number of ether oxygens (including phenoxy) is 1. The maximum absolute atomic E-state index is 5.13. The second kappa shape index (κ2) is 6.46. The summed E-state index contributed by atoms with van der Waals surface area (Å²) in [4.78, 5) is 2.47. The van der Waals surface area contributed by atoms with Crippen LogP contribution in [-0.4, -0.2) is 50.3 Å². The molecule has 1 aliphatic rings. The molecule has 0 aromatic heterocycles. The molecule has 3 heteroatoms. The van der Waals surface area contributed by atoms with E-state index >= 15 is 0 Å². The second-order valence-corrected chi connectivity index (χ2v) is 4.81. The highest BCUT2D eigenvalue weighted by molar-refractivity contribution is 4.89. The molecule has 1 saturated heterocycles. The lowest BCUT2D eigenvalue weighted by Crippen LogP contribution is -2.54. The van der Waals surface area contributed by atoms with E-state index in [1.54, 1.807) is 7.11 Å². The zero-order chi connectivity index (χ0) is 11.1. The summed E-state index contributed by atoms with van der Waals surface area (Å²) in [7, 11) is 1.77. The van der Waals surface area contributed by atoms with E-state index in [-0.39, 0.29) is 0 Å². The third-order valence-electron chi connectivity index (χ3n) is 3.34. The van der Waals surface area contributed by atoms with Gasteiger partial charge >= 0.3 is 0 Å². The first-order valence-electron chi connectivity index (χ1n) is 6.16. The Labute approximate surface area is 94.2 Å². The fourth-order valence-electron chi connectivity index (χ4n) is 2.32. The normalized spacial score (nSPS) is 27.2. The Kier molecular flexibility index (Phi) is 5.58. The van der Waals surface area contributed by atoms with E-state index in [9.17, 15) is 0 Å². The molecule has 0 amide bonds. The SMILES string of the molecule is CCN(CCOC)CC1(C)CCCCN1. The Bertz CT molecular complexity index is 167. The topological polar surface area (TPSA) is 24.5 Å². The molecule has 0 bridgehead atoms. The lowest BCUT2D eigenvalue weighted by Gasteiger charge is -2.39. The molecule has 1 unspecified atom stereocenters. The predicted molar refractivity (Wildman–Crippen MR) is 64.2 cm³/mol. The second-order valence-electron chi connectivity index (χ2n) is 4.81. The van der Waals surface area contributed by atoms with Gasteiger partial charge in [-0.1, -0.05) is 13.3 Å². The molecule has 1 fully saturated rings. The average molecular weight is 214 g/mol. The van der Waals surface area contributed by atoms with Crippen LogP contribution in [0.25, 0.3) is 0 Å². The molecule has 0 saturated carbocycles. The standard InChI is InChI=1S/C12H26N2O/c1-4-14(9-10-15-3)11-12(2)7-5-6-8-13-12/h13H,4-11H2,1-3H3. The number of rotatable bonds is 6. The van der Waals surface area contributed by atoms with Gasteiger partial charge in [0.15, 0.2) is 0 Å². The maximum atomic E-state index is 5.13. The quantitative estimate of drug-likeness (QED) is 0.725. The van der Waals surface area contributed by atoms with E-state index in [1.807, 2.05) is 0 Å². The van der Waals surface area contributed by atoms with Crippen LogP contribution in [0.15, 0.2) is 0 Å². The Hall–Kier alpha value is -0.120. The van der Waals surface area contributed by atoms with Crippen molar-refractivity contribution in [1.82, 2.24) is 10.2 Å². The zero-order valence-electron chi connectivity index (χ0n) is 10.5. The van der Waals surface area contributed by atoms with Crippen LogP contribution >= 0.6 is 0 Å². The Morgan fingerprint density at radius 3 is 2.73 bits per heavy atom. The summed E-state index contributed by atoms with van der Waals surface area (Å²) < 4.78 is 5.13. The smallest absolute Gasteiger partial charge is 0.0589 e. The molecule has 1 N–H and O–H groups in total. The molecule has 1 aliphatic heterocycles. The minimum Gasteiger partial charge on any atom is -0.383 e. The average Bonchev–Trinajstić information content (AvgIpc) is 2.25. The number of hydrogen-bond acceptors (Lipinski definition) is 3. The fraction of sp³-hybridized carbons (Fsp3) is 1.00. The number of nitrogens with zero attached hydrogens (tertiary/aromatic N) is 1. The van der Waals surface area contributed by atoms with E-state index in [0.29, 0.717) is 5.54 Å². The first-order valence-corrected chi connectivity index (χ1v) is 6.16. The van der Waals surface area contributed by atoms with Crippen molar-refractivity contribution >= 4 is 0 Å². The number of methoxy groups -OCH3 is 1. The van der Waals surface area contributed by atoms with Crippen molar-refractivity contribution in [2.45, 2.75) is 38.6 Å². The van der Waals surface area contributed by atoms with E-state index < -0.39 is 0 Å². The van der Waals surface area contributed by atoms with Gasteiger partial charge in [0.25, 0.3) is 0 Å². The van der Waals surface area contributed by atoms with Gasteiger partial charge in [0.05, 0.1) is 6.61 Å². The summed E-state index contributed by atoms with van der Waals surface area (Å²) in [5, 5.41) is 3.65. The van der Waals surface area contributed by atoms with Crippen molar-refractivity contribution in [3.63, 3.8) is 0 Å². The first-order chi connectivity index (χ1) is 7.20. The van der Waals surface area contributed by atoms with E-state index in [0.717, 1.165) is 26.2 Å². The van der Waals surface area contributed by atoms with Crippen LogP contribution in [0.2, 0.25) is 0 Å². The van der Waals surface area contributed by atoms with Crippen LogP contribution in [-0.2, 0) is 4.74 Å². The third kappa shape index (κ3) is 4.49. The van der Waals surface area contributed by atoms with E-state index in [4.69, 9.17) is 4.74 Å². The first kappa shape index (κ1) is 12.9. The molecule has 0 aromatic carbocycles. The van der Waals surface area contributed by atoms with Crippen LogP contribution in [0.5, 0.6) is 0 Å². The molecule has 0 aliphatic carbocycles. The van der Waals surface area contributed by atoms with Gasteiger partial charge in [0.2, 0.25) is 0 Å². The molecule has 1 heterocycles. The van der Waals surface area contributed by atoms with Gasteiger partial charge in [-0.05, 0) is 32.9 Å². The Morgan fingerprint density at radius 1 is 1.40 bits per heavy atom. The van der Waals surface area contributed by atoms with Gasteiger partial charge in [0, 0.05) is 25.7 Å². The molecule has 15 heavy (non-hydrogen) atoms. The summed E-state index contributed by atoms with van der Waals surface area (Å²) in [6.45, 7) is 9.89. The van der Waals surface area contributed by atoms with Crippen molar-refractivity contribution in [1.29, 1.82) is 0 Å². The third-order valence-corrected chi connectivity index (χ3v) is 3.34. The van der Waals surface area contributed by atoms with Crippen LogP contribution in [0.4, 0.5) is 0 Å². The summed E-state index contributed by atoms with van der Waals surface area (Å²) in [6, 6.07) is 0. The fourth-order valence-corrected chi connectivity index (χ4v) is 2.32. The monoisotopic (exact) mass is 214 g/mol. The van der Waals surface area contributed by atoms with Crippen molar-refractivity contribution in [3.05, 3.63) is 0 Å². The van der Waals surface area contributed by atoms with Crippen molar-refractivity contribution < 1.29 is 4.74 Å². The lowest BCUT2D eigenvalue weighted by atomic mass is 9.90. The molecular weight excluding hydrogens is 188 g/mol. The number of piperidine rings is 1. The Morgan fingerprint density at radius 2 is 2.20 bits per heavy atom. The number of nitrogens with one attached hydrogen (secondary N) is 1. The highest BCUT2D eigenvalue weighted by Crippen LogP contribution is 2.19. The zero-order valence-corrected chi connectivity index (χ0v) is 10.5. The summed E-state index contributed by atoms with van der Waals surface area (Å²) in [6.07, 6.45) is 4.00. The summed E-state index contributed by atoms with van der Waals surface area (Å²) in [5.41, 5.74) is 0.321. The highest BCUT2D eigenvalue weighted by Gasteiger charge is 2.27. The van der Waals surface area contributed by atoms with Crippen LogP contribution in [0.3, 0.4) is 0 Å². The van der Waals surface area contributed by atoms with Crippen molar-refractivity contribution in [3.8, 4) is 0 Å². The molecule has 1 atom stereocenters. The maximum Gasteiger partial charge on any atom is 0.0589 e. The van der Waals surface area contributed by atoms with Crippen LogP contribution in [0, 0.1) is 0 Å². The molecule has 0 spiro atoms. The number of likely N-dealkylation sites (N-methyl/N-ethyl adjacent to an activating group) is 1. The molecule has 3 nitrogen and oxygen atoms in total. The van der Waals surface area contributed by atoms with E-state index in [1.165, 1.54) is 25.8 Å². The van der Waals surface area contributed by atoms with Gasteiger partial charge in [-0.3, -0.25) is 4.90 Å². The molecule has 1 rings (SSSR count). The Balaban J connectivity index is 2.34. The minimum absolute atomic E-state index is 0.321. The summed E-state index contributed by atoms with van der Waals surface area (Å²) in [5.74, 6) is 0. The van der Waals surface area contributed by atoms with Crippen LogP contribution < -0.4 is 5.32 Å². The van der Waals surface area contributed by atoms with Gasteiger partial charge in [-0.15, -0.1) is 0 Å². The summed E-state index contributed by atoms with van der Waals surface area (Å²) >= 11 is 0. The van der Waals surface area contributed by atoms with E-state index in [2.05, 4.69) is 24.1 Å². The largest absolute Gasteiger partial charge is 0.383 e. The highest BCUT2D eigenvalue weighted by atomic mass is 16.5.